The molecule has 0 saturated heterocycles. The van der Waals surface area contributed by atoms with Gasteiger partial charge in [-0.1, -0.05) is 24.3 Å². The van der Waals surface area contributed by atoms with Gasteiger partial charge in [0.2, 0.25) is 0 Å². The molecule has 0 spiro atoms. The fourth-order valence-electron chi connectivity index (χ4n) is 2.32. The summed E-state index contributed by atoms with van der Waals surface area (Å²) < 4.78 is 13.9. The summed E-state index contributed by atoms with van der Waals surface area (Å²) in [6, 6.07) is 12.1. The highest BCUT2D eigenvalue weighted by atomic mass is 19.1. The summed E-state index contributed by atoms with van der Waals surface area (Å²) in [5, 5.41) is 0. The maximum Gasteiger partial charge on any atom is 0.158 e. The number of hydrogen-bond acceptors (Lipinski definition) is 5. The molecule has 0 bridgehead atoms. The second-order valence-electron chi connectivity index (χ2n) is 4.95. The van der Waals surface area contributed by atoms with E-state index in [1.165, 1.54) is 6.07 Å². The fourth-order valence-corrected chi connectivity index (χ4v) is 2.32. The average molecular weight is 297 g/mol. The Bertz CT molecular complexity index is 726. The van der Waals surface area contributed by atoms with E-state index in [-0.39, 0.29) is 12.4 Å². The lowest BCUT2D eigenvalue weighted by Crippen LogP contribution is -2.47. The maximum absolute atomic E-state index is 13.9. The highest BCUT2D eigenvalue weighted by Gasteiger charge is 2.24. The van der Waals surface area contributed by atoms with Crippen LogP contribution in [-0.2, 0) is 6.54 Å². The molecule has 1 atom stereocenters. The van der Waals surface area contributed by atoms with Crippen LogP contribution in [0.25, 0.3) is 0 Å². The van der Waals surface area contributed by atoms with Crippen molar-refractivity contribution in [3.63, 3.8) is 0 Å². The third-order valence-corrected chi connectivity index (χ3v) is 3.40. The summed E-state index contributed by atoms with van der Waals surface area (Å²) in [6.45, 7) is 0.285. The van der Waals surface area contributed by atoms with Gasteiger partial charge < -0.3 is 16.4 Å². The first-order valence-electron chi connectivity index (χ1n) is 6.88. The molecule has 0 radical (unpaired) electrons. The van der Waals surface area contributed by atoms with Gasteiger partial charge in [0.1, 0.15) is 23.5 Å². The SMILES string of the molecule is NC1=CC(N)N(Cc2ccccc2F)C(c2ccccn2)=N1. The molecule has 1 aliphatic heterocycles. The molecule has 112 valence electrons. The lowest BCUT2D eigenvalue weighted by Gasteiger charge is -2.32. The number of benzene rings is 1. The molecule has 1 aliphatic rings. The highest BCUT2D eigenvalue weighted by molar-refractivity contribution is 5.98. The molecule has 5 nitrogen and oxygen atoms in total. The Morgan fingerprint density at radius 1 is 1.14 bits per heavy atom. The van der Waals surface area contributed by atoms with E-state index in [1.807, 2.05) is 18.2 Å². The topological polar surface area (TPSA) is 80.5 Å². The minimum absolute atomic E-state index is 0.280. The van der Waals surface area contributed by atoms with Crippen LogP contribution in [0.15, 0.2) is 65.6 Å². The van der Waals surface area contributed by atoms with Crippen LogP contribution in [0.1, 0.15) is 11.3 Å². The summed E-state index contributed by atoms with van der Waals surface area (Å²) in [6.07, 6.45) is 2.81. The van der Waals surface area contributed by atoms with Gasteiger partial charge in [-0.15, -0.1) is 0 Å². The van der Waals surface area contributed by atoms with E-state index in [0.717, 1.165) is 0 Å². The van der Waals surface area contributed by atoms with Crippen LogP contribution in [0.5, 0.6) is 0 Å². The number of hydrogen-bond donors (Lipinski definition) is 2. The lowest BCUT2D eigenvalue weighted by molar-refractivity contribution is 0.344. The number of nitrogens with zero attached hydrogens (tertiary/aromatic N) is 3. The van der Waals surface area contributed by atoms with Gasteiger partial charge in [-0.3, -0.25) is 4.98 Å². The van der Waals surface area contributed by atoms with Gasteiger partial charge >= 0.3 is 0 Å². The van der Waals surface area contributed by atoms with Crippen LogP contribution >= 0.6 is 0 Å². The van der Waals surface area contributed by atoms with E-state index in [4.69, 9.17) is 11.5 Å². The first-order valence-corrected chi connectivity index (χ1v) is 6.88. The lowest BCUT2D eigenvalue weighted by atomic mass is 10.1. The smallest absolute Gasteiger partial charge is 0.158 e. The molecule has 0 aliphatic carbocycles. The van der Waals surface area contributed by atoms with Crippen LogP contribution in [-0.4, -0.2) is 21.9 Å². The number of aliphatic imine (C=N–C) groups is 1. The number of amidine groups is 1. The molecule has 0 amide bonds. The summed E-state index contributed by atoms with van der Waals surface area (Å²) in [5.74, 6) is 0.590. The van der Waals surface area contributed by atoms with Gasteiger partial charge in [0.25, 0.3) is 0 Å². The molecular weight excluding hydrogens is 281 g/mol. The first kappa shape index (κ1) is 14.2. The molecule has 6 heteroatoms. The largest absolute Gasteiger partial charge is 0.384 e. The van der Waals surface area contributed by atoms with Crippen molar-refractivity contribution in [3.05, 3.63) is 77.6 Å². The number of halogens is 1. The normalized spacial score (nSPS) is 17.9. The van der Waals surface area contributed by atoms with E-state index < -0.39 is 6.17 Å². The summed E-state index contributed by atoms with van der Waals surface area (Å²) in [4.78, 5) is 10.4. The van der Waals surface area contributed by atoms with E-state index >= 15 is 0 Å². The fraction of sp³-hybridized carbons (Fsp3) is 0.125. The molecule has 1 aromatic heterocycles. The van der Waals surface area contributed by atoms with Crippen LogP contribution in [0.3, 0.4) is 0 Å². The number of rotatable bonds is 3. The molecule has 3 rings (SSSR count). The summed E-state index contributed by atoms with van der Waals surface area (Å²) in [5.41, 5.74) is 13.1. The Labute approximate surface area is 127 Å². The van der Waals surface area contributed by atoms with Crippen LogP contribution < -0.4 is 11.5 Å². The summed E-state index contributed by atoms with van der Waals surface area (Å²) in [7, 11) is 0. The van der Waals surface area contributed by atoms with Crippen molar-refractivity contribution in [2.24, 2.45) is 16.5 Å². The Kier molecular flexibility index (Phi) is 3.84. The second kappa shape index (κ2) is 5.95. The Balaban J connectivity index is 1.97. The van der Waals surface area contributed by atoms with Gasteiger partial charge in [0, 0.05) is 18.3 Å². The van der Waals surface area contributed by atoms with Gasteiger partial charge in [0.15, 0.2) is 5.84 Å². The molecule has 22 heavy (non-hydrogen) atoms. The van der Waals surface area contributed by atoms with Crippen LogP contribution in [0, 0.1) is 5.82 Å². The predicted molar refractivity (Wildman–Crippen MR) is 83.0 cm³/mol. The number of pyridine rings is 1. The van der Waals surface area contributed by atoms with Crippen molar-refractivity contribution in [2.75, 3.05) is 0 Å². The first-order chi connectivity index (χ1) is 10.6. The van der Waals surface area contributed by atoms with Crippen LogP contribution in [0.4, 0.5) is 4.39 Å². The number of nitrogens with two attached hydrogens (primary N) is 2. The van der Waals surface area contributed by atoms with Crippen molar-refractivity contribution in [1.29, 1.82) is 0 Å². The van der Waals surface area contributed by atoms with Gasteiger partial charge in [-0.2, -0.15) is 0 Å². The highest BCUT2D eigenvalue weighted by Crippen LogP contribution is 2.18. The number of aromatic nitrogens is 1. The minimum Gasteiger partial charge on any atom is -0.384 e. The third kappa shape index (κ3) is 2.82. The third-order valence-electron chi connectivity index (χ3n) is 3.40. The average Bonchev–Trinajstić information content (AvgIpc) is 2.52. The Hall–Kier alpha value is -2.73. The minimum atomic E-state index is -0.492. The Morgan fingerprint density at radius 2 is 1.91 bits per heavy atom. The molecular formula is C16H16FN5. The summed E-state index contributed by atoms with van der Waals surface area (Å²) >= 11 is 0. The predicted octanol–water partition coefficient (Wildman–Crippen LogP) is 1.57. The van der Waals surface area contributed by atoms with Gasteiger partial charge in [-0.25, -0.2) is 9.38 Å². The molecule has 0 saturated carbocycles. The zero-order valence-electron chi connectivity index (χ0n) is 11.9. The second-order valence-corrected chi connectivity index (χ2v) is 4.95. The maximum atomic E-state index is 13.9. The van der Waals surface area contributed by atoms with E-state index in [0.29, 0.717) is 22.9 Å². The standard InChI is InChI=1S/C16H16FN5/c17-12-6-2-1-5-11(12)10-22-15(19)9-14(18)21-16(22)13-7-3-4-8-20-13/h1-9,15H,10,18-19H2. The van der Waals surface area contributed by atoms with E-state index in [1.54, 1.807) is 35.4 Å². The molecule has 4 N–H and O–H groups in total. The molecule has 2 heterocycles. The van der Waals surface area contributed by atoms with E-state index in [9.17, 15) is 4.39 Å². The zero-order valence-corrected chi connectivity index (χ0v) is 11.9. The molecule has 1 unspecified atom stereocenters. The Morgan fingerprint density at radius 3 is 2.64 bits per heavy atom. The van der Waals surface area contributed by atoms with E-state index in [2.05, 4.69) is 9.98 Å². The van der Waals surface area contributed by atoms with Crippen molar-refractivity contribution >= 4 is 5.84 Å². The van der Waals surface area contributed by atoms with Gasteiger partial charge in [-0.05, 0) is 24.3 Å². The molecule has 2 aromatic rings. The monoisotopic (exact) mass is 297 g/mol. The van der Waals surface area contributed by atoms with Crippen LogP contribution in [0.2, 0.25) is 0 Å². The van der Waals surface area contributed by atoms with Crippen molar-refractivity contribution < 1.29 is 4.39 Å². The van der Waals surface area contributed by atoms with Crippen molar-refractivity contribution in [2.45, 2.75) is 12.7 Å². The zero-order chi connectivity index (χ0) is 15.5. The van der Waals surface area contributed by atoms with Crippen molar-refractivity contribution in [1.82, 2.24) is 9.88 Å². The molecule has 0 fully saturated rings. The quantitative estimate of drug-likeness (QED) is 0.901. The van der Waals surface area contributed by atoms with Gasteiger partial charge in [0.05, 0.1) is 0 Å². The molecule has 1 aromatic carbocycles. The van der Waals surface area contributed by atoms with Crippen molar-refractivity contribution in [3.8, 4) is 0 Å².